The lowest BCUT2D eigenvalue weighted by atomic mass is 9.75. The quantitative estimate of drug-likeness (QED) is 0.482. The van der Waals surface area contributed by atoms with Crippen molar-refractivity contribution in [2.45, 2.75) is 112 Å². The average Bonchev–Trinajstić information content (AvgIpc) is 2.60. The molecule has 0 aliphatic carbocycles. The molecule has 3 unspecified atom stereocenters. The van der Waals surface area contributed by atoms with Crippen molar-refractivity contribution in [3.05, 3.63) is 0 Å². The van der Waals surface area contributed by atoms with Gasteiger partial charge in [0.05, 0.1) is 0 Å². The molecule has 0 aromatic heterocycles. The minimum atomic E-state index is -1.11. The van der Waals surface area contributed by atoms with Crippen molar-refractivity contribution in [1.82, 2.24) is 0 Å². The van der Waals surface area contributed by atoms with E-state index in [-0.39, 0.29) is 24.4 Å². The van der Waals surface area contributed by atoms with Gasteiger partial charge in [0.25, 0.3) is 0 Å². The summed E-state index contributed by atoms with van der Waals surface area (Å²) in [6.45, 7) is 11.7. The Morgan fingerprint density at radius 3 is 1.68 bits per heavy atom. The highest BCUT2D eigenvalue weighted by Gasteiger charge is 2.36. The molecule has 0 saturated carbocycles. The Hall–Kier alpha value is -0.740. The van der Waals surface area contributed by atoms with Crippen LogP contribution < -0.4 is 0 Å². The van der Waals surface area contributed by atoms with E-state index in [1.807, 2.05) is 27.7 Å². The largest absolute Gasteiger partial charge is 0.385 e. The van der Waals surface area contributed by atoms with Crippen LogP contribution in [0.5, 0.6) is 0 Å². The average molecular weight is 357 g/mol. The molecule has 0 spiro atoms. The number of Topliss-reactive ketones (excluding diaryl/α,β-unsaturated/α-hetero) is 2. The number of aliphatic hydroxyl groups is 2. The summed E-state index contributed by atoms with van der Waals surface area (Å²) in [5.41, 5.74) is -1.09. The number of hydrogen-bond donors (Lipinski definition) is 2. The molecule has 0 aromatic carbocycles. The molecular formula is C21H40O4. The van der Waals surface area contributed by atoms with Gasteiger partial charge in [0, 0.05) is 10.8 Å². The van der Waals surface area contributed by atoms with Gasteiger partial charge in [0.2, 0.25) is 0 Å². The van der Waals surface area contributed by atoms with Gasteiger partial charge in [0.15, 0.2) is 11.6 Å². The lowest BCUT2D eigenvalue weighted by molar-refractivity contribution is -0.140. The Morgan fingerprint density at radius 1 is 0.800 bits per heavy atom. The first-order valence-corrected chi connectivity index (χ1v) is 10.0. The van der Waals surface area contributed by atoms with Crippen LogP contribution in [0.4, 0.5) is 0 Å². The van der Waals surface area contributed by atoms with Gasteiger partial charge in [-0.3, -0.25) is 9.59 Å². The first kappa shape index (κ1) is 24.3. The highest BCUT2D eigenvalue weighted by Crippen LogP contribution is 2.32. The van der Waals surface area contributed by atoms with Crippen LogP contribution in [0.2, 0.25) is 0 Å². The van der Waals surface area contributed by atoms with E-state index in [1.165, 1.54) is 0 Å². The smallest absolute Gasteiger partial charge is 0.167 e. The molecule has 0 bridgehead atoms. The van der Waals surface area contributed by atoms with Crippen LogP contribution in [0.25, 0.3) is 0 Å². The predicted molar refractivity (Wildman–Crippen MR) is 102 cm³/mol. The third-order valence-electron chi connectivity index (χ3n) is 5.60. The molecule has 25 heavy (non-hydrogen) atoms. The van der Waals surface area contributed by atoms with Crippen molar-refractivity contribution in [3.8, 4) is 0 Å². The molecule has 0 amide bonds. The number of rotatable bonds is 14. The van der Waals surface area contributed by atoms with Crippen molar-refractivity contribution in [3.63, 3.8) is 0 Å². The van der Waals surface area contributed by atoms with Crippen molar-refractivity contribution >= 4 is 11.6 Å². The number of ketones is 2. The van der Waals surface area contributed by atoms with E-state index >= 15 is 0 Å². The Kier molecular flexibility index (Phi) is 10.7. The number of hydrogen-bond acceptors (Lipinski definition) is 4. The highest BCUT2D eigenvalue weighted by molar-refractivity contribution is 5.89. The van der Waals surface area contributed by atoms with Crippen molar-refractivity contribution in [1.29, 1.82) is 0 Å². The number of carbonyl (C=O) groups excluding carboxylic acids is 2. The summed E-state index contributed by atoms with van der Waals surface area (Å²) in [5, 5.41) is 20.5. The van der Waals surface area contributed by atoms with Gasteiger partial charge in [0.1, 0.15) is 12.2 Å². The molecule has 0 heterocycles. The standard InChI is InChI=1S/C21H40O4/c1-7-10-14-20(4,5)18(24)16(22)12-13-17(23)19(25)21(6,9-3)15-11-8-2/h16-17,22-23H,7-15H2,1-6H3. The second-order valence-electron chi connectivity index (χ2n) is 8.34. The van der Waals surface area contributed by atoms with E-state index in [9.17, 15) is 19.8 Å². The van der Waals surface area contributed by atoms with Crippen LogP contribution >= 0.6 is 0 Å². The predicted octanol–water partition coefficient (Wildman–Crippen LogP) is 4.45. The molecule has 4 nitrogen and oxygen atoms in total. The lowest BCUT2D eigenvalue weighted by Crippen LogP contribution is -2.39. The zero-order chi connectivity index (χ0) is 19.7. The van der Waals surface area contributed by atoms with Crippen molar-refractivity contribution in [2.24, 2.45) is 10.8 Å². The van der Waals surface area contributed by atoms with E-state index in [0.29, 0.717) is 6.42 Å². The fraction of sp³-hybridized carbons (Fsp3) is 0.905. The fourth-order valence-electron chi connectivity index (χ4n) is 3.21. The number of unbranched alkanes of at least 4 members (excludes halogenated alkanes) is 2. The topological polar surface area (TPSA) is 74.6 Å². The Labute approximate surface area is 154 Å². The molecule has 0 saturated heterocycles. The highest BCUT2D eigenvalue weighted by atomic mass is 16.3. The van der Waals surface area contributed by atoms with Gasteiger partial charge >= 0.3 is 0 Å². The third kappa shape index (κ3) is 7.57. The first-order valence-electron chi connectivity index (χ1n) is 10.0. The molecule has 0 rings (SSSR count). The molecule has 2 N–H and O–H groups in total. The molecule has 3 atom stereocenters. The van der Waals surface area contributed by atoms with Crippen LogP contribution in [0, 0.1) is 10.8 Å². The van der Waals surface area contributed by atoms with Gasteiger partial charge in [-0.2, -0.15) is 0 Å². The monoisotopic (exact) mass is 356 g/mol. The summed E-state index contributed by atoms with van der Waals surface area (Å²) in [5.74, 6) is -0.349. The van der Waals surface area contributed by atoms with Crippen molar-refractivity contribution in [2.75, 3.05) is 0 Å². The van der Waals surface area contributed by atoms with Crippen LogP contribution in [-0.4, -0.2) is 34.0 Å². The second kappa shape index (κ2) is 11.1. The molecule has 0 aromatic rings. The minimum absolute atomic E-state index is 0.134. The summed E-state index contributed by atoms with van der Waals surface area (Å²) in [4.78, 5) is 25.0. The summed E-state index contributed by atoms with van der Waals surface area (Å²) in [7, 11) is 0. The lowest BCUT2D eigenvalue weighted by Gasteiger charge is -2.30. The van der Waals surface area contributed by atoms with E-state index < -0.39 is 23.0 Å². The summed E-state index contributed by atoms with van der Waals surface area (Å²) in [6.07, 6.45) is 4.16. The van der Waals surface area contributed by atoms with Crippen LogP contribution in [0.3, 0.4) is 0 Å². The fourth-order valence-corrected chi connectivity index (χ4v) is 3.21. The number of aliphatic hydroxyl groups excluding tert-OH is 2. The molecule has 0 aliphatic heterocycles. The molecule has 148 valence electrons. The van der Waals surface area contributed by atoms with Gasteiger partial charge in [-0.1, -0.05) is 67.2 Å². The molecular weight excluding hydrogens is 316 g/mol. The van der Waals surface area contributed by atoms with E-state index in [2.05, 4.69) is 13.8 Å². The molecule has 0 aliphatic rings. The third-order valence-corrected chi connectivity index (χ3v) is 5.60. The summed E-state index contributed by atoms with van der Waals surface area (Å²) in [6, 6.07) is 0. The van der Waals surface area contributed by atoms with E-state index in [4.69, 9.17) is 0 Å². The van der Waals surface area contributed by atoms with E-state index in [0.717, 1.165) is 38.5 Å². The van der Waals surface area contributed by atoms with Gasteiger partial charge < -0.3 is 10.2 Å². The molecule has 0 fully saturated rings. The van der Waals surface area contributed by atoms with Gasteiger partial charge in [-0.05, 0) is 32.1 Å². The Morgan fingerprint density at radius 2 is 1.24 bits per heavy atom. The maximum absolute atomic E-state index is 12.6. The SMILES string of the molecule is CCCCC(C)(C)C(=O)C(O)CCC(O)C(=O)C(C)(CC)CCCC. The minimum Gasteiger partial charge on any atom is -0.385 e. The zero-order valence-corrected chi connectivity index (χ0v) is 17.2. The summed E-state index contributed by atoms with van der Waals surface area (Å²) >= 11 is 0. The van der Waals surface area contributed by atoms with Crippen LogP contribution in [0.1, 0.15) is 99.3 Å². The normalized spacial score (nSPS) is 17.0. The Bertz CT molecular complexity index is 416. The second-order valence-corrected chi connectivity index (χ2v) is 8.34. The maximum atomic E-state index is 12.6. The zero-order valence-electron chi connectivity index (χ0n) is 17.2. The van der Waals surface area contributed by atoms with Crippen LogP contribution in [0.15, 0.2) is 0 Å². The molecule has 0 radical (unpaired) electrons. The number of carbonyl (C=O) groups is 2. The van der Waals surface area contributed by atoms with E-state index in [1.54, 1.807) is 0 Å². The maximum Gasteiger partial charge on any atom is 0.167 e. The van der Waals surface area contributed by atoms with Crippen LogP contribution in [-0.2, 0) is 9.59 Å². The molecule has 4 heteroatoms. The first-order chi connectivity index (χ1) is 11.6. The Balaban J connectivity index is 4.68. The van der Waals surface area contributed by atoms with Gasteiger partial charge in [-0.25, -0.2) is 0 Å². The van der Waals surface area contributed by atoms with Gasteiger partial charge in [-0.15, -0.1) is 0 Å². The summed E-state index contributed by atoms with van der Waals surface area (Å²) < 4.78 is 0. The van der Waals surface area contributed by atoms with Crippen molar-refractivity contribution < 1.29 is 19.8 Å².